The third kappa shape index (κ3) is 5.58. The fourth-order valence-electron chi connectivity index (χ4n) is 1.53. The molecule has 0 heterocycles. The quantitative estimate of drug-likeness (QED) is 0.569. The monoisotopic (exact) mass is 245 g/mol. The van der Waals surface area contributed by atoms with E-state index in [0.717, 1.165) is 35.9 Å². The van der Waals surface area contributed by atoms with E-state index in [9.17, 15) is 4.79 Å². The first-order valence-corrected chi connectivity index (χ1v) is 6.48. The van der Waals surface area contributed by atoms with Crippen LogP contribution in [0.2, 0.25) is 0 Å². The smallest absolute Gasteiger partial charge is 0.150 e. The summed E-state index contributed by atoms with van der Waals surface area (Å²) in [5, 5.41) is 0. The molecule has 0 unspecified atom stereocenters. The molecule has 98 valence electrons. The SMILES string of the molecule is CC.CCN=C/C=C\Cc1c(C)cccc1C=O. The molecule has 0 aliphatic carbocycles. The molecule has 0 amide bonds. The van der Waals surface area contributed by atoms with E-state index in [-0.39, 0.29) is 0 Å². The van der Waals surface area contributed by atoms with Crippen LogP contribution in [-0.2, 0) is 6.42 Å². The van der Waals surface area contributed by atoms with Crippen molar-refractivity contribution in [3.05, 3.63) is 47.0 Å². The fourth-order valence-corrected chi connectivity index (χ4v) is 1.53. The van der Waals surface area contributed by atoms with E-state index in [1.54, 1.807) is 6.21 Å². The lowest BCUT2D eigenvalue weighted by Crippen LogP contribution is -1.94. The number of aldehydes is 1. The standard InChI is InChI=1S/C14H17NO.C2H6/c1-3-15-10-5-4-9-14-12(2)7-6-8-13(14)11-16;1-2/h4-8,10-11H,3,9H2,1-2H3;1-2H3/b5-4-,15-10?;. The van der Waals surface area contributed by atoms with Crippen molar-refractivity contribution in [2.24, 2.45) is 4.99 Å². The largest absolute Gasteiger partial charge is 0.298 e. The number of aryl methyl sites for hydroxylation is 1. The minimum atomic E-state index is 0.774. The molecule has 0 aliphatic rings. The Hall–Kier alpha value is -1.70. The Morgan fingerprint density at radius 2 is 2.00 bits per heavy atom. The average molecular weight is 245 g/mol. The van der Waals surface area contributed by atoms with Crippen molar-refractivity contribution in [2.75, 3.05) is 6.54 Å². The van der Waals surface area contributed by atoms with Crippen molar-refractivity contribution in [1.29, 1.82) is 0 Å². The summed E-state index contributed by atoms with van der Waals surface area (Å²) in [6.07, 6.45) is 7.42. The van der Waals surface area contributed by atoms with Crippen LogP contribution in [0.4, 0.5) is 0 Å². The number of aliphatic imine (C=N–C) groups is 1. The second-order valence-corrected chi connectivity index (χ2v) is 3.54. The summed E-state index contributed by atoms with van der Waals surface area (Å²) in [7, 11) is 0. The van der Waals surface area contributed by atoms with Gasteiger partial charge in [0.2, 0.25) is 0 Å². The second kappa shape index (κ2) is 10.5. The van der Waals surface area contributed by atoms with E-state index in [2.05, 4.69) is 4.99 Å². The fraction of sp³-hybridized carbons (Fsp3) is 0.375. The molecule has 2 heteroatoms. The van der Waals surface area contributed by atoms with Gasteiger partial charge in [0, 0.05) is 18.3 Å². The molecule has 2 nitrogen and oxygen atoms in total. The molecule has 1 rings (SSSR count). The first-order valence-electron chi connectivity index (χ1n) is 6.48. The van der Waals surface area contributed by atoms with Crippen molar-refractivity contribution >= 4 is 12.5 Å². The molecule has 0 spiro atoms. The summed E-state index contributed by atoms with van der Waals surface area (Å²) in [6, 6.07) is 5.78. The van der Waals surface area contributed by atoms with Crippen molar-refractivity contribution in [1.82, 2.24) is 0 Å². The molecule has 0 atom stereocenters. The van der Waals surface area contributed by atoms with E-state index < -0.39 is 0 Å². The minimum Gasteiger partial charge on any atom is -0.298 e. The molecule has 0 radical (unpaired) electrons. The van der Waals surface area contributed by atoms with E-state index in [1.165, 1.54) is 0 Å². The van der Waals surface area contributed by atoms with Crippen LogP contribution in [0.25, 0.3) is 0 Å². The molecule has 0 fully saturated rings. The predicted molar refractivity (Wildman–Crippen MR) is 79.8 cm³/mol. The zero-order chi connectivity index (χ0) is 13.8. The third-order valence-electron chi connectivity index (χ3n) is 2.41. The highest BCUT2D eigenvalue weighted by atomic mass is 16.1. The maximum absolute atomic E-state index is 10.9. The Bertz CT molecular complexity index is 406. The van der Waals surface area contributed by atoms with Crippen LogP contribution >= 0.6 is 0 Å². The van der Waals surface area contributed by atoms with Crippen LogP contribution in [0.5, 0.6) is 0 Å². The molecule has 0 saturated carbocycles. The van der Waals surface area contributed by atoms with Gasteiger partial charge in [0.1, 0.15) is 6.29 Å². The predicted octanol–water partition coefficient (Wildman–Crippen LogP) is 4.02. The molecule has 1 aromatic carbocycles. The van der Waals surface area contributed by atoms with Gasteiger partial charge in [-0.2, -0.15) is 0 Å². The van der Waals surface area contributed by atoms with Gasteiger partial charge >= 0.3 is 0 Å². The maximum atomic E-state index is 10.9. The number of allylic oxidation sites excluding steroid dienone is 2. The first-order chi connectivity index (χ1) is 8.79. The molecule has 0 aliphatic heterocycles. The highest BCUT2D eigenvalue weighted by molar-refractivity contribution is 5.78. The normalized spacial score (nSPS) is 10.4. The molecule has 18 heavy (non-hydrogen) atoms. The molecule has 0 N–H and O–H groups in total. The lowest BCUT2D eigenvalue weighted by Gasteiger charge is -2.05. The van der Waals surface area contributed by atoms with E-state index in [0.29, 0.717) is 0 Å². The Kier molecular flexibility index (Phi) is 9.47. The number of nitrogens with zero attached hydrogens (tertiary/aromatic N) is 1. The number of carbonyl (C=O) groups is 1. The van der Waals surface area contributed by atoms with Gasteiger partial charge in [0.25, 0.3) is 0 Å². The highest BCUT2D eigenvalue weighted by Crippen LogP contribution is 2.13. The van der Waals surface area contributed by atoms with Gasteiger partial charge in [-0.3, -0.25) is 9.79 Å². The van der Waals surface area contributed by atoms with Crippen LogP contribution < -0.4 is 0 Å². The first kappa shape index (κ1) is 16.3. The van der Waals surface area contributed by atoms with E-state index in [1.807, 2.05) is 58.0 Å². The minimum absolute atomic E-state index is 0.774. The lowest BCUT2D eigenvalue weighted by molar-refractivity contribution is 0.112. The Balaban J connectivity index is 0.00000137. The molecule has 0 bridgehead atoms. The third-order valence-corrected chi connectivity index (χ3v) is 2.41. The Labute approximate surface area is 110 Å². The van der Waals surface area contributed by atoms with Gasteiger partial charge in [-0.15, -0.1) is 0 Å². The van der Waals surface area contributed by atoms with Gasteiger partial charge in [-0.25, -0.2) is 0 Å². The summed E-state index contributed by atoms with van der Waals surface area (Å²) < 4.78 is 0. The summed E-state index contributed by atoms with van der Waals surface area (Å²) in [5.41, 5.74) is 3.03. The molecule has 1 aromatic rings. The molecule has 0 saturated heterocycles. The van der Waals surface area contributed by atoms with Crippen LogP contribution in [0.15, 0.2) is 35.3 Å². The van der Waals surface area contributed by atoms with Gasteiger partial charge in [-0.05, 0) is 37.5 Å². The summed E-state index contributed by atoms with van der Waals surface area (Å²) in [6.45, 7) is 8.82. The Morgan fingerprint density at radius 3 is 2.61 bits per heavy atom. The second-order valence-electron chi connectivity index (χ2n) is 3.54. The van der Waals surface area contributed by atoms with Crippen LogP contribution in [0, 0.1) is 6.92 Å². The Morgan fingerprint density at radius 1 is 1.28 bits per heavy atom. The van der Waals surface area contributed by atoms with Crippen LogP contribution in [0.3, 0.4) is 0 Å². The van der Waals surface area contributed by atoms with Crippen LogP contribution in [0.1, 0.15) is 42.3 Å². The lowest BCUT2D eigenvalue weighted by atomic mass is 10.00. The number of rotatable bonds is 5. The summed E-state index contributed by atoms with van der Waals surface area (Å²) >= 11 is 0. The number of benzene rings is 1. The van der Waals surface area contributed by atoms with Gasteiger partial charge in [-0.1, -0.05) is 38.1 Å². The number of hydrogen-bond acceptors (Lipinski definition) is 2. The summed E-state index contributed by atoms with van der Waals surface area (Å²) in [5.74, 6) is 0. The van der Waals surface area contributed by atoms with Gasteiger partial charge in [0.15, 0.2) is 0 Å². The maximum Gasteiger partial charge on any atom is 0.150 e. The van der Waals surface area contributed by atoms with Gasteiger partial charge < -0.3 is 0 Å². The molecule has 0 aromatic heterocycles. The van der Waals surface area contributed by atoms with Gasteiger partial charge in [0.05, 0.1) is 0 Å². The van der Waals surface area contributed by atoms with Crippen molar-refractivity contribution in [3.63, 3.8) is 0 Å². The molecular formula is C16H23NO. The molecular weight excluding hydrogens is 222 g/mol. The van der Waals surface area contributed by atoms with Crippen LogP contribution in [-0.4, -0.2) is 19.0 Å². The topological polar surface area (TPSA) is 29.4 Å². The van der Waals surface area contributed by atoms with Crippen molar-refractivity contribution in [3.8, 4) is 0 Å². The average Bonchev–Trinajstić information content (AvgIpc) is 2.42. The zero-order valence-corrected chi connectivity index (χ0v) is 11.8. The van der Waals surface area contributed by atoms with E-state index >= 15 is 0 Å². The van der Waals surface area contributed by atoms with Crippen molar-refractivity contribution in [2.45, 2.75) is 34.1 Å². The summed E-state index contributed by atoms with van der Waals surface area (Å²) in [4.78, 5) is 15.0. The van der Waals surface area contributed by atoms with E-state index in [4.69, 9.17) is 0 Å². The number of carbonyl (C=O) groups excluding carboxylic acids is 1. The highest BCUT2D eigenvalue weighted by Gasteiger charge is 2.01. The number of hydrogen-bond donors (Lipinski definition) is 0. The van der Waals surface area contributed by atoms with Crippen molar-refractivity contribution < 1.29 is 4.79 Å². The zero-order valence-electron chi connectivity index (χ0n) is 11.8.